The first-order valence-electron chi connectivity index (χ1n) is 4.80. The van der Waals surface area contributed by atoms with Gasteiger partial charge in [0.15, 0.2) is 0 Å². The molecule has 0 nitrogen and oxygen atoms in total. The van der Waals surface area contributed by atoms with E-state index in [2.05, 4.69) is 13.8 Å². The smallest absolute Gasteiger partial charge is 0.0251 e. The minimum Gasteiger partial charge on any atom is -0.126 e. The van der Waals surface area contributed by atoms with Gasteiger partial charge in [0.25, 0.3) is 0 Å². The van der Waals surface area contributed by atoms with Gasteiger partial charge in [0.2, 0.25) is 0 Å². The molecule has 1 aliphatic carbocycles. The summed E-state index contributed by atoms with van der Waals surface area (Å²) in [5.74, 6) is 3.57. The van der Waals surface area contributed by atoms with E-state index in [0.29, 0.717) is 0 Å². The molecule has 0 unspecified atom stereocenters. The highest BCUT2D eigenvalue weighted by Gasteiger charge is 2.22. The Hall–Kier alpha value is 0.290. The fourth-order valence-corrected chi connectivity index (χ4v) is 2.32. The molecule has 0 spiro atoms. The Morgan fingerprint density at radius 1 is 1.18 bits per heavy atom. The van der Waals surface area contributed by atoms with E-state index >= 15 is 0 Å². The van der Waals surface area contributed by atoms with E-state index in [-0.39, 0.29) is 0 Å². The molecule has 0 aromatic carbocycles. The lowest BCUT2D eigenvalue weighted by Gasteiger charge is -2.29. The molecule has 0 bridgehead atoms. The molecule has 0 heterocycles. The molecule has 0 saturated heterocycles. The second-order valence-corrected chi connectivity index (χ2v) is 4.49. The number of halogens is 1. The number of hydrogen-bond donors (Lipinski definition) is 0. The summed E-state index contributed by atoms with van der Waals surface area (Å²) in [5, 5.41) is 0. The zero-order valence-corrected chi connectivity index (χ0v) is 8.40. The molecule has 0 aromatic rings. The van der Waals surface area contributed by atoms with Gasteiger partial charge in [0, 0.05) is 5.88 Å². The van der Waals surface area contributed by atoms with E-state index < -0.39 is 0 Å². The van der Waals surface area contributed by atoms with Crippen molar-refractivity contribution in [2.24, 2.45) is 17.8 Å². The van der Waals surface area contributed by atoms with Crippen molar-refractivity contribution < 1.29 is 0 Å². The second kappa shape index (κ2) is 4.35. The Morgan fingerprint density at radius 3 is 2.09 bits per heavy atom. The van der Waals surface area contributed by atoms with Crippen molar-refractivity contribution in [3.05, 3.63) is 0 Å². The molecule has 0 amide bonds. The van der Waals surface area contributed by atoms with Gasteiger partial charge in [-0.1, -0.05) is 13.8 Å². The Labute approximate surface area is 75.3 Å². The van der Waals surface area contributed by atoms with Crippen molar-refractivity contribution in [1.82, 2.24) is 0 Å². The van der Waals surface area contributed by atoms with Crippen LogP contribution in [0.4, 0.5) is 0 Å². The van der Waals surface area contributed by atoms with E-state index in [1.807, 2.05) is 0 Å². The first-order valence-corrected chi connectivity index (χ1v) is 5.33. The number of rotatable bonds is 2. The Bertz CT molecular complexity index is 101. The molecule has 1 aliphatic rings. The minimum absolute atomic E-state index is 0.826. The third-order valence-electron chi connectivity index (χ3n) is 3.05. The summed E-state index contributed by atoms with van der Waals surface area (Å²) in [4.78, 5) is 0. The Balaban J connectivity index is 2.24. The van der Waals surface area contributed by atoms with Crippen molar-refractivity contribution in [3.63, 3.8) is 0 Å². The lowest BCUT2D eigenvalue weighted by molar-refractivity contribution is 0.236. The van der Waals surface area contributed by atoms with E-state index in [1.165, 1.54) is 25.7 Å². The highest BCUT2D eigenvalue weighted by atomic mass is 35.5. The molecular weight excluding hydrogens is 156 g/mol. The van der Waals surface area contributed by atoms with Crippen LogP contribution in [0, 0.1) is 17.8 Å². The summed E-state index contributed by atoms with van der Waals surface area (Å²) >= 11 is 5.81. The molecule has 1 saturated carbocycles. The lowest BCUT2D eigenvalue weighted by Crippen LogP contribution is -2.19. The van der Waals surface area contributed by atoms with Gasteiger partial charge in [-0.25, -0.2) is 0 Å². The van der Waals surface area contributed by atoms with E-state index in [0.717, 1.165) is 23.6 Å². The minimum atomic E-state index is 0.826. The normalized spacial score (nSPS) is 32.7. The van der Waals surface area contributed by atoms with Crippen molar-refractivity contribution in [2.75, 3.05) is 5.88 Å². The van der Waals surface area contributed by atoms with Crippen molar-refractivity contribution in [2.45, 2.75) is 39.5 Å². The molecule has 1 fully saturated rings. The summed E-state index contributed by atoms with van der Waals surface area (Å²) in [7, 11) is 0. The molecule has 0 N–H and O–H groups in total. The number of hydrogen-bond acceptors (Lipinski definition) is 0. The molecule has 0 atom stereocenters. The van der Waals surface area contributed by atoms with Crippen LogP contribution in [-0.4, -0.2) is 5.88 Å². The van der Waals surface area contributed by atoms with Crippen LogP contribution in [-0.2, 0) is 0 Å². The maximum Gasteiger partial charge on any atom is 0.0251 e. The van der Waals surface area contributed by atoms with E-state index in [9.17, 15) is 0 Å². The van der Waals surface area contributed by atoms with Crippen LogP contribution in [0.1, 0.15) is 39.5 Å². The maximum absolute atomic E-state index is 5.81. The predicted molar refractivity (Wildman–Crippen MR) is 51.0 cm³/mol. The van der Waals surface area contributed by atoms with E-state index in [4.69, 9.17) is 11.6 Å². The van der Waals surface area contributed by atoms with Gasteiger partial charge in [-0.2, -0.15) is 0 Å². The molecule has 1 heteroatoms. The molecule has 66 valence electrons. The fraction of sp³-hybridized carbons (Fsp3) is 1.00. The van der Waals surface area contributed by atoms with Gasteiger partial charge < -0.3 is 0 Å². The maximum atomic E-state index is 5.81. The molecule has 0 radical (unpaired) electrons. The zero-order valence-electron chi connectivity index (χ0n) is 7.65. The van der Waals surface area contributed by atoms with Crippen LogP contribution < -0.4 is 0 Å². The Morgan fingerprint density at radius 2 is 1.73 bits per heavy atom. The monoisotopic (exact) mass is 174 g/mol. The molecular formula is C10H19Cl. The molecule has 0 aliphatic heterocycles. The average Bonchev–Trinajstić information content (AvgIpc) is 2.05. The molecule has 1 rings (SSSR count). The summed E-state index contributed by atoms with van der Waals surface area (Å²) in [6.07, 6.45) is 5.56. The average molecular weight is 175 g/mol. The molecule has 11 heavy (non-hydrogen) atoms. The summed E-state index contributed by atoms with van der Waals surface area (Å²) < 4.78 is 0. The van der Waals surface area contributed by atoms with Crippen molar-refractivity contribution in [3.8, 4) is 0 Å². The van der Waals surface area contributed by atoms with Gasteiger partial charge >= 0.3 is 0 Å². The van der Waals surface area contributed by atoms with Crippen LogP contribution in [0.3, 0.4) is 0 Å². The zero-order chi connectivity index (χ0) is 8.27. The summed E-state index contributed by atoms with van der Waals surface area (Å²) in [6, 6.07) is 0. The second-order valence-electron chi connectivity index (χ2n) is 4.18. The predicted octanol–water partition coefficient (Wildman–Crippen LogP) is 3.69. The lowest BCUT2D eigenvalue weighted by atomic mass is 9.78. The third kappa shape index (κ3) is 2.66. The first-order chi connectivity index (χ1) is 5.24. The number of alkyl halides is 1. The third-order valence-corrected chi connectivity index (χ3v) is 3.49. The summed E-state index contributed by atoms with van der Waals surface area (Å²) in [5.41, 5.74) is 0. The van der Waals surface area contributed by atoms with Crippen LogP contribution in [0.5, 0.6) is 0 Å². The van der Waals surface area contributed by atoms with Gasteiger partial charge in [0.05, 0.1) is 0 Å². The van der Waals surface area contributed by atoms with Crippen LogP contribution in [0.25, 0.3) is 0 Å². The van der Waals surface area contributed by atoms with Gasteiger partial charge in [-0.15, -0.1) is 11.6 Å². The molecule has 0 aromatic heterocycles. The van der Waals surface area contributed by atoms with Crippen LogP contribution in [0.15, 0.2) is 0 Å². The SMILES string of the molecule is CC(C)C1CCC(CCl)CC1. The van der Waals surface area contributed by atoms with Crippen molar-refractivity contribution in [1.29, 1.82) is 0 Å². The quantitative estimate of drug-likeness (QED) is 0.561. The highest BCUT2D eigenvalue weighted by molar-refractivity contribution is 6.18. The van der Waals surface area contributed by atoms with Gasteiger partial charge in [-0.3, -0.25) is 0 Å². The van der Waals surface area contributed by atoms with Crippen LogP contribution in [0.2, 0.25) is 0 Å². The van der Waals surface area contributed by atoms with Gasteiger partial charge in [-0.05, 0) is 43.4 Å². The summed E-state index contributed by atoms with van der Waals surface area (Å²) in [6.45, 7) is 4.68. The van der Waals surface area contributed by atoms with E-state index in [1.54, 1.807) is 0 Å². The van der Waals surface area contributed by atoms with Crippen LogP contribution >= 0.6 is 11.6 Å². The largest absolute Gasteiger partial charge is 0.126 e. The van der Waals surface area contributed by atoms with Crippen molar-refractivity contribution >= 4 is 11.6 Å². The topological polar surface area (TPSA) is 0 Å². The Kier molecular flexibility index (Phi) is 3.71. The fourth-order valence-electron chi connectivity index (χ4n) is 2.01. The van der Waals surface area contributed by atoms with Gasteiger partial charge in [0.1, 0.15) is 0 Å². The standard InChI is InChI=1S/C10H19Cl/c1-8(2)10-5-3-9(7-11)4-6-10/h8-10H,3-7H2,1-2H3. The highest BCUT2D eigenvalue weighted by Crippen LogP contribution is 2.33. The first kappa shape index (κ1) is 9.38.